The second kappa shape index (κ2) is 8.25. The van der Waals surface area contributed by atoms with Crippen molar-refractivity contribution < 1.29 is 0 Å². The highest BCUT2D eigenvalue weighted by atomic mass is 15.1. The molecule has 2 heteroatoms. The third-order valence-electron chi connectivity index (χ3n) is 2.98. The lowest BCUT2D eigenvalue weighted by Crippen LogP contribution is -2.34. The topological polar surface area (TPSA) is 29.3 Å². The highest BCUT2D eigenvalue weighted by Crippen LogP contribution is 2.09. The van der Waals surface area contributed by atoms with Gasteiger partial charge in [-0.3, -0.25) is 0 Å². The van der Waals surface area contributed by atoms with Crippen LogP contribution in [0.1, 0.15) is 47.0 Å². The molecule has 86 valence electrons. The van der Waals surface area contributed by atoms with E-state index in [2.05, 4.69) is 32.6 Å². The third-order valence-corrected chi connectivity index (χ3v) is 2.98. The number of nitrogens with zero attached hydrogens (tertiary/aromatic N) is 1. The molecule has 0 aromatic rings. The Kier molecular flexibility index (Phi) is 8.20. The van der Waals surface area contributed by atoms with Crippen LogP contribution in [0.15, 0.2) is 0 Å². The summed E-state index contributed by atoms with van der Waals surface area (Å²) < 4.78 is 0. The zero-order valence-electron chi connectivity index (χ0n) is 10.4. The van der Waals surface area contributed by atoms with Crippen molar-refractivity contribution in [2.45, 2.75) is 53.0 Å². The predicted octanol–water partition coefficient (Wildman–Crippen LogP) is 2.48. The van der Waals surface area contributed by atoms with E-state index in [9.17, 15) is 0 Å². The Labute approximate surface area is 89.9 Å². The molecular formula is C12H28N2. The molecule has 0 rings (SSSR count). The molecule has 0 aliphatic carbocycles. The molecule has 0 heterocycles. The Hall–Kier alpha value is -0.0800. The van der Waals surface area contributed by atoms with Gasteiger partial charge in [0.2, 0.25) is 0 Å². The van der Waals surface area contributed by atoms with Crippen LogP contribution in [0.4, 0.5) is 0 Å². The van der Waals surface area contributed by atoms with Gasteiger partial charge in [0.05, 0.1) is 0 Å². The third kappa shape index (κ3) is 5.61. The van der Waals surface area contributed by atoms with Crippen LogP contribution in [-0.2, 0) is 0 Å². The minimum absolute atomic E-state index is 0.672. The van der Waals surface area contributed by atoms with E-state index in [1.807, 2.05) is 0 Å². The average Bonchev–Trinajstić information content (AvgIpc) is 2.17. The van der Waals surface area contributed by atoms with Gasteiger partial charge < -0.3 is 10.6 Å². The fourth-order valence-electron chi connectivity index (χ4n) is 1.75. The van der Waals surface area contributed by atoms with E-state index in [4.69, 9.17) is 5.73 Å². The van der Waals surface area contributed by atoms with Crippen molar-refractivity contribution in [3.05, 3.63) is 0 Å². The van der Waals surface area contributed by atoms with Crippen molar-refractivity contribution in [3.8, 4) is 0 Å². The van der Waals surface area contributed by atoms with E-state index in [0.29, 0.717) is 12.0 Å². The van der Waals surface area contributed by atoms with Crippen molar-refractivity contribution in [2.75, 3.05) is 19.6 Å². The maximum Gasteiger partial charge on any atom is 0.00385 e. The Morgan fingerprint density at radius 1 is 1.14 bits per heavy atom. The Balaban J connectivity index is 3.79. The fourth-order valence-corrected chi connectivity index (χ4v) is 1.75. The second-order valence-corrected chi connectivity index (χ2v) is 4.43. The number of hydrogen-bond donors (Lipinski definition) is 1. The fraction of sp³-hybridized carbons (Fsp3) is 1.00. The average molecular weight is 200 g/mol. The molecule has 1 unspecified atom stereocenters. The first-order valence-corrected chi connectivity index (χ1v) is 6.09. The number of rotatable bonds is 8. The molecule has 0 saturated heterocycles. The molecule has 0 bridgehead atoms. The van der Waals surface area contributed by atoms with E-state index in [0.717, 1.165) is 6.54 Å². The van der Waals surface area contributed by atoms with Crippen LogP contribution < -0.4 is 5.73 Å². The SMILES string of the molecule is CCCN(CCC(CC)CN)C(C)C. The summed E-state index contributed by atoms with van der Waals surface area (Å²) in [6, 6.07) is 0.672. The van der Waals surface area contributed by atoms with Crippen molar-refractivity contribution >= 4 is 0 Å². The molecule has 14 heavy (non-hydrogen) atoms. The summed E-state index contributed by atoms with van der Waals surface area (Å²) in [7, 11) is 0. The van der Waals surface area contributed by atoms with Gasteiger partial charge in [-0.1, -0.05) is 20.3 Å². The van der Waals surface area contributed by atoms with Crippen LogP contribution in [0, 0.1) is 5.92 Å². The molecule has 2 N–H and O–H groups in total. The molecule has 2 nitrogen and oxygen atoms in total. The van der Waals surface area contributed by atoms with Crippen molar-refractivity contribution in [1.29, 1.82) is 0 Å². The van der Waals surface area contributed by atoms with Gasteiger partial charge in [-0.05, 0) is 52.2 Å². The summed E-state index contributed by atoms with van der Waals surface area (Å²) >= 11 is 0. The monoisotopic (exact) mass is 200 g/mol. The van der Waals surface area contributed by atoms with E-state index >= 15 is 0 Å². The van der Waals surface area contributed by atoms with Crippen LogP contribution in [-0.4, -0.2) is 30.6 Å². The molecule has 0 saturated carbocycles. The molecule has 0 aromatic heterocycles. The van der Waals surface area contributed by atoms with E-state index in [-0.39, 0.29) is 0 Å². The lowest BCUT2D eigenvalue weighted by Gasteiger charge is -2.27. The Morgan fingerprint density at radius 2 is 1.79 bits per heavy atom. The highest BCUT2D eigenvalue weighted by molar-refractivity contribution is 4.66. The summed E-state index contributed by atoms with van der Waals surface area (Å²) in [6.45, 7) is 12.3. The summed E-state index contributed by atoms with van der Waals surface area (Å²) in [6.07, 6.45) is 3.72. The first kappa shape index (κ1) is 13.9. The molecule has 0 fully saturated rings. The lowest BCUT2D eigenvalue weighted by atomic mass is 10.0. The first-order chi connectivity index (χ1) is 6.65. The van der Waals surface area contributed by atoms with E-state index in [1.54, 1.807) is 0 Å². The summed E-state index contributed by atoms with van der Waals surface area (Å²) in [5.74, 6) is 0.716. The van der Waals surface area contributed by atoms with E-state index < -0.39 is 0 Å². The van der Waals surface area contributed by atoms with Gasteiger partial charge in [-0.15, -0.1) is 0 Å². The largest absolute Gasteiger partial charge is 0.330 e. The number of nitrogens with two attached hydrogens (primary N) is 1. The van der Waals surface area contributed by atoms with Gasteiger partial charge in [0.25, 0.3) is 0 Å². The van der Waals surface area contributed by atoms with Crippen LogP contribution in [0.3, 0.4) is 0 Å². The molecular weight excluding hydrogens is 172 g/mol. The first-order valence-electron chi connectivity index (χ1n) is 6.09. The van der Waals surface area contributed by atoms with Gasteiger partial charge in [-0.25, -0.2) is 0 Å². The molecule has 1 atom stereocenters. The van der Waals surface area contributed by atoms with Gasteiger partial charge in [0.1, 0.15) is 0 Å². The van der Waals surface area contributed by atoms with Gasteiger partial charge in [-0.2, -0.15) is 0 Å². The van der Waals surface area contributed by atoms with Crippen LogP contribution >= 0.6 is 0 Å². The summed E-state index contributed by atoms with van der Waals surface area (Å²) in [5.41, 5.74) is 5.70. The van der Waals surface area contributed by atoms with Crippen LogP contribution in [0.25, 0.3) is 0 Å². The van der Waals surface area contributed by atoms with E-state index in [1.165, 1.54) is 32.4 Å². The quantitative estimate of drug-likeness (QED) is 0.652. The van der Waals surface area contributed by atoms with Gasteiger partial charge >= 0.3 is 0 Å². The van der Waals surface area contributed by atoms with Crippen LogP contribution in [0.2, 0.25) is 0 Å². The molecule has 0 spiro atoms. The normalized spacial score (nSPS) is 13.9. The number of hydrogen-bond acceptors (Lipinski definition) is 2. The zero-order chi connectivity index (χ0) is 11.0. The van der Waals surface area contributed by atoms with Crippen LogP contribution in [0.5, 0.6) is 0 Å². The van der Waals surface area contributed by atoms with Gasteiger partial charge in [0, 0.05) is 6.04 Å². The Bertz CT molecular complexity index is 119. The smallest absolute Gasteiger partial charge is 0.00385 e. The maximum atomic E-state index is 5.70. The second-order valence-electron chi connectivity index (χ2n) is 4.43. The van der Waals surface area contributed by atoms with Crippen molar-refractivity contribution in [1.82, 2.24) is 4.90 Å². The van der Waals surface area contributed by atoms with Crippen molar-refractivity contribution in [3.63, 3.8) is 0 Å². The van der Waals surface area contributed by atoms with Crippen molar-refractivity contribution in [2.24, 2.45) is 11.7 Å². The molecule has 0 aliphatic rings. The molecule has 0 amide bonds. The molecule has 0 aliphatic heterocycles. The summed E-state index contributed by atoms with van der Waals surface area (Å²) in [5, 5.41) is 0. The van der Waals surface area contributed by atoms with Gasteiger partial charge in [0.15, 0.2) is 0 Å². The zero-order valence-corrected chi connectivity index (χ0v) is 10.4. The molecule has 0 radical (unpaired) electrons. The minimum Gasteiger partial charge on any atom is -0.330 e. The standard InChI is InChI=1S/C12H28N2/c1-5-8-14(11(3)4)9-7-12(6-2)10-13/h11-12H,5-10,13H2,1-4H3. The maximum absolute atomic E-state index is 5.70. The Morgan fingerprint density at radius 3 is 2.14 bits per heavy atom. The lowest BCUT2D eigenvalue weighted by molar-refractivity contribution is 0.205. The molecule has 0 aromatic carbocycles. The highest BCUT2D eigenvalue weighted by Gasteiger charge is 2.10. The minimum atomic E-state index is 0.672. The predicted molar refractivity (Wildman–Crippen MR) is 64.5 cm³/mol. The summed E-state index contributed by atoms with van der Waals surface area (Å²) in [4.78, 5) is 2.55.